The van der Waals surface area contributed by atoms with Gasteiger partial charge < -0.3 is 14.5 Å². The largest absolute Gasteiger partial charge is 0.508 e. The zero-order chi connectivity index (χ0) is 19.5. The van der Waals surface area contributed by atoms with Crippen LogP contribution in [-0.2, 0) is 0 Å². The highest BCUT2D eigenvalue weighted by atomic mass is 35.5. The smallest absolute Gasteiger partial charge is 0.180 e. The minimum atomic E-state index is -0.328. The molecule has 3 aromatic rings. The number of hydrogen-bond acceptors (Lipinski definition) is 6. The van der Waals surface area contributed by atoms with Gasteiger partial charge in [-0.25, -0.2) is 4.39 Å². The average molecular weight is 420 g/mol. The van der Waals surface area contributed by atoms with E-state index < -0.39 is 0 Å². The zero-order valence-corrected chi connectivity index (χ0v) is 16.7. The number of nitrogens with zero attached hydrogens (tertiary/aromatic N) is 3. The van der Waals surface area contributed by atoms with E-state index in [2.05, 4.69) is 15.0 Å². The zero-order valence-electron chi connectivity index (χ0n) is 15.9. The molecule has 0 saturated carbocycles. The molecule has 1 fully saturated rings. The van der Waals surface area contributed by atoms with Crippen molar-refractivity contribution in [2.45, 2.75) is 12.8 Å². The summed E-state index contributed by atoms with van der Waals surface area (Å²) in [4.78, 5) is 16.7. The Balaban J connectivity index is 0.00000240. The number of aromatic hydroxyl groups is 1. The van der Waals surface area contributed by atoms with Gasteiger partial charge in [-0.3, -0.25) is 9.69 Å². The molecule has 6 nitrogen and oxygen atoms in total. The fourth-order valence-electron chi connectivity index (χ4n) is 3.57. The molecule has 1 saturated heterocycles. The number of phenolic OH excluding ortho intramolecular Hbond substituents is 1. The number of fused-ring (bicyclic) bond motifs is 1. The number of carbonyl (C=O) groups excluding carboxylic acids is 1. The van der Waals surface area contributed by atoms with E-state index in [9.17, 15) is 14.3 Å². The Morgan fingerprint density at radius 3 is 2.55 bits per heavy atom. The molecule has 4 rings (SSSR count). The molecule has 0 unspecified atom stereocenters. The maximum absolute atomic E-state index is 12.9. The predicted molar refractivity (Wildman–Crippen MR) is 112 cm³/mol. The summed E-state index contributed by atoms with van der Waals surface area (Å²) in [6, 6.07) is 10.8. The third-order valence-corrected chi connectivity index (χ3v) is 5.15. The third kappa shape index (κ3) is 4.86. The highest BCUT2D eigenvalue weighted by Gasteiger charge is 2.21. The van der Waals surface area contributed by atoms with Crippen LogP contribution in [0.5, 0.6) is 5.75 Å². The van der Waals surface area contributed by atoms with Gasteiger partial charge in [-0.05, 0) is 49.4 Å². The van der Waals surface area contributed by atoms with Gasteiger partial charge in [-0.2, -0.15) is 0 Å². The molecule has 0 bridgehead atoms. The highest BCUT2D eigenvalue weighted by molar-refractivity contribution is 5.96. The lowest BCUT2D eigenvalue weighted by molar-refractivity contribution is 0.0974. The van der Waals surface area contributed by atoms with Crippen molar-refractivity contribution in [3.05, 3.63) is 53.8 Å². The average Bonchev–Trinajstić information content (AvgIpc) is 3.12. The van der Waals surface area contributed by atoms with Crippen molar-refractivity contribution in [1.82, 2.24) is 10.1 Å². The first-order valence-electron chi connectivity index (χ1n) is 9.44. The van der Waals surface area contributed by atoms with Crippen molar-refractivity contribution >= 4 is 35.0 Å². The summed E-state index contributed by atoms with van der Waals surface area (Å²) < 4.78 is 18.3. The van der Waals surface area contributed by atoms with E-state index in [1.54, 1.807) is 24.3 Å². The van der Waals surface area contributed by atoms with Crippen LogP contribution in [0.3, 0.4) is 0 Å². The summed E-state index contributed by atoms with van der Waals surface area (Å²) in [5.74, 6) is 0.693. The molecule has 0 atom stereocenters. The number of phenols is 1. The fourth-order valence-corrected chi connectivity index (χ4v) is 3.57. The Labute approximate surface area is 174 Å². The van der Waals surface area contributed by atoms with Crippen LogP contribution in [0.4, 0.5) is 10.2 Å². The lowest BCUT2D eigenvalue weighted by Crippen LogP contribution is -2.46. The maximum atomic E-state index is 12.9. The first kappa shape index (κ1) is 21.1. The van der Waals surface area contributed by atoms with Crippen LogP contribution >= 0.6 is 12.4 Å². The second-order valence-corrected chi connectivity index (χ2v) is 7.05. The van der Waals surface area contributed by atoms with E-state index >= 15 is 0 Å². The third-order valence-electron chi connectivity index (χ3n) is 5.15. The molecule has 154 valence electrons. The van der Waals surface area contributed by atoms with E-state index in [0.717, 1.165) is 50.3 Å². The molecule has 0 amide bonds. The number of ketones is 1. The van der Waals surface area contributed by atoms with Crippen LogP contribution in [0.15, 0.2) is 47.0 Å². The molecule has 0 spiro atoms. The number of carbonyl (C=O) groups is 1. The van der Waals surface area contributed by atoms with Gasteiger partial charge in [0.25, 0.3) is 0 Å². The van der Waals surface area contributed by atoms with Crippen LogP contribution in [-0.4, -0.2) is 53.7 Å². The number of aromatic nitrogens is 1. The van der Waals surface area contributed by atoms with Crippen LogP contribution < -0.4 is 4.90 Å². The fraction of sp³-hybridized carbons (Fsp3) is 0.333. The van der Waals surface area contributed by atoms with E-state index in [1.807, 2.05) is 6.07 Å². The normalized spacial score (nSPS) is 14.7. The first-order valence-corrected chi connectivity index (χ1v) is 9.44. The van der Waals surface area contributed by atoms with Gasteiger partial charge in [-0.1, -0.05) is 5.16 Å². The number of hydrogen-bond donors (Lipinski definition) is 1. The molecule has 1 aromatic heterocycles. The number of anilines is 1. The Kier molecular flexibility index (Phi) is 6.71. The van der Waals surface area contributed by atoms with Gasteiger partial charge in [-0.15, -0.1) is 12.4 Å². The van der Waals surface area contributed by atoms with Crippen molar-refractivity contribution in [3.8, 4) is 5.75 Å². The quantitative estimate of drug-likeness (QED) is 0.611. The molecular formula is C21H23ClFN3O3. The van der Waals surface area contributed by atoms with Crippen molar-refractivity contribution in [1.29, 1.82) is 0 Å². The van der Waals surface area contributed by atoms with Gasteiger partial charge >= 0.3 is 0 Å². The molecule has 1 aliphatic heterocycles. The first-order chi connectivity index (χ1) is 13.6. The van der Waals surface area contributed by atoms with E-state index in [1.165, 1.54) is 12.1 Å². The summed E-state index contributed by atoms with van der Waals surface area (Å²) in [5.41, 5.74) is 1.15. The Hall–Kier alpha value is -2.64. The highest BCUT2D eigenvalue weighted by Crippen LogP contribution is 2.29. The lowest BCUT2D eigenvalue weighted by atomic mass is 10.1. The van der Waals surface area contributed by atoms with Crippen LogP contribution in [0, 0.1) is 5.82 Å². The van der Waals surface area contributed by atoms with Gasteiger partial charge in [0, 0.05) is 44.2 Å². The summed E-state index contributed by atoms with van der Waals surface area (Å²) in [7, 11) is 0. The number of halogens is 2. The standard InChI is InChI=1S/C21H22FN3O3.ClH/c22-16-5-3-15(4-6-16)19(27)2-1-9-24-10-12-25(13-11-24)21-18-8-7-17(26)14-20(18)28-23-21;/h3-8,14,26H,1-2,9-13H2;1H. The second-order valence-electron chi connectivity index (χ2n) is 7.05. The second kappa shape index (κ2) is 9.24. The van der Waals surface area contributed by atoms with E-state index in [4.69, 9.17) is 4.52 Å². The molecule has 2 aromatic carbocycles. The van der Waals surface area contributed by atoms with Gasteiger partial charge in [0.15, 0.2) is 17.2 Å². The molecule has 29 heavy (non-hydrogen) atoms. The molecular weight excluding hydrogens is 397 g/mol. The number of rotatable bonds is 6. The summed E-state index contributed by atoms with van der Waals surface area (Å²) >= 11 is 0. The summed E-state index contributed by atoms with van der Waals surface area (Å²) in [6.45, 7) is 4.28. The maximum Gasteiger partial charge on any atom is 0.180 e. The van der Waals surface area contributed by atoms with E-state index in [-0.39, 0.29) is 29.8 Å². The molecule has 0 aliphatic carbocycles. The molecule has 1 aliphatic rings. The topological polar surface area (TPSA) is 69.8 Å². The monoisotopic (exact) mass is 419 g/mol. The Morgan fingerprint density at radius 2 is 1.83 bits per heavy atom. The van der Waals surface area contributed by atoms with Crippen molar-refractivity contribution in [3.63, 3.8) is 0 Å². The van der Waals surface area contributed by atoms with Gasteiger partial charge in [0.2, 0.25) is 0 Å². The number of Topliss-reactive ketones (excluding diaryl/α,β-unsaturated/α-hetero) is 1. The summed E-state index contributed by atoms with van der Waals surface area (Å²) in [5, 5.41) is 14.6. The minimum Gasteiger partial charge on any atom is -0.508 e. The summed E-state index contributed by atoms with van der Waals surface area (Å²) in [6.07, 6.45) is 1.24. The number of piperazine rings is 1. The van der Waals surface area contributed by atoms with Crippen molar-refractivity contribution in [2.75, 3.05) is 37.6 Å². The predicted octanol–water partition coefficient (Wildman–Crippen LogP) is 3.88. The minimum absolute atomic E-state index is 0. The van der Waals surface area contributed by atoms with Gasteiger partial charge in [0.05, 0.1) is 5.39 Å². The van der Waals surface area contributed by atoms with Crippen LogP contribution in [0.2, 0.25) is 0 Å². The van der Waals surface area contributed by atoms with Gasteiger partial charge in [0.1, 0.15) is 11.6 Å². The van der Waals surface area contributed by atoms with Crippen molar-refractivity contribution in [2.24, 2.45) is 0 Å². The molecule has 8 heteroatoms. The lowest BCUT2D eigenvalue weighted by Gasteiger charge is -2.34. The Morgan fingerprint density at radius 1 is 1.10 bits per heavy atom. The number of benzene rings is 2. The van der Waals surface area contributed by atoms with Crippen molar-refractivity contribution < 1.29 is 18.8 Å². The molecule has 0 radical (unpaired) electrons. The Bertz CT molecular complexity index is 969. The van der Waals surface area contributed by atoms with Crippen LogP contribution in [0.1, 0.15) is 23.2 Å². The SMILES string of the molecule is Cl.O=C(CCCN1CCN(c2noc3cc(O)ccc23)CC1)c1ccc(F)cc1. The van der Waals surface area contributed by atoms with Crippen LogP contribution in [0.25, 0.3) is 11.0 Å². The van der Waals surface area contributed by atoms with E-state index in [0.29, 0.717) is 17.6 Å². The molecule has 1 N–H and O–H groups in total. The molecule has 2 heterocycles.